The highest BCUT2D eigenvalue weighted by molar-refractivity contribution is 6.29. The number of nitrogens with zero attached hydrogens (tertiary/aromatic N) is 5. The van der Waals surface area contributed by atoms with Gasteiger partial charge >= 0.3 is 0 Å². The van der Waals surface area contributed by atoms with E-state index < -0.39 is 0 Å². The predicted molar refractivity (Wildman–Crippen MR) is 95.3 cm³/mol. The average Bonchev–Trinajstić information content (AvgIpc) is 3.11. The smallest absolute Gasteiger partial charge is 0.213 e. The van der Waals surface area contributed by atoms with Gasteiger partial charge in [0.1, 0.15) is 16.4 Å². The van der Waals surface area contributed by atoms with Gasteiger partial charge in [0.15, 0.2) is 5.82 Å². The van der Waals surface area contributed by atoms with E-state index in [1.165, 1.54) is 0 Å². The zero-order chi connectivity index (χ0) is 17.2. The Morgan fingerprint density at radius 3 is 2.88 bits per heavy atom. The summed E-state index contributed by atoms with van der Waals surface area (Å²) in [6.07, 6.45) is 3.48. The number of methoxy groups -OCH3 is 1. The summed E-state index contributed by atoms with van der Waals surface area (Å²) in [6.45, 7) is 0. The van der Waals surface area contributed by atoms with E-state index in [2.05, 4.69) is 25.4 Å². The van der Waals surface area contributed by atoms with E-state index in [0.717, 1.165) is 11.2 Å². The van der Waals surface area contributed by atoms with E-state index in [4.69, 9.17) is 16.3 Å². The van der Waals surface area contributed by atoms with Gasteiger partial charge in [0.25, 0.3) is 0 Å². The monoisotopic (exact) mass is 352 g/mol. The van der Waals surface area contributed by atoms with Crippen molar-refractivity contribution in [1.82, 2.24) is 24.6 Å². The summed E-state index contributed by atoms with van der Waals surface area (Å²) in [6, 6.07) is 12.8. The molecule has 0 aromatic carbocycles. The van der Waals surface area contributed by atoms with Crippen molar-refractivity contribution in [2.45, 2.75) is 0 Å². The Labute approximate surface area is 148 Å². The largest absolute Gasteiger partial charge is 0.481 e. The van der Waals surface area contributed by atoms with Crippen molar-refractivity contribution in [3.63, 3.8) is 0 Å². The molecule has 8 heteroatoms. The summed E-state index contributed by atoms with van der Waals surface area (Å²) < 4.78 is 6.92. The normalized spacial score (nSPS) is 10.8. The van der Waals surface area contributed by atoms with Crippen LogP contribution in [0, 0.1) is 0 Å². The van der Waals surface area contributed by atoms with Crippen LogP contribution in [-0.4, -0.2) is 31.7 Å². The van der Waals surface area contributed by atoms with Crippen molar-refractivity contribution in [2.24, 2.45) is 0 Å². The van der Waals surface area contributed by atoms with Crippen LogP contribution in [0.5, 0.6) is 5.88 Å². The lowest BCUT2D eigenvalue weighted by Gasteiger charge is -2.10. The molecule has 0 fully saturated rings. The lowest BCUT2D eigenvalue weighted by molar-refractivity contribution is 0.398. The third kappa shape index (κ3) is 3.09. The van der Waals surface area contributed by atoms with Crippen LogP contribution in [0.4, 0.5) is 11.5 Å². The molecule has 0 spiro atoms. The fourth-order valence-electron chi connectivity index (χ4n) is 2.41. The van der Waals surface area contributed by atoms with Gasteiger partial charge in [-0.2, -0.15) is 0 Å². The molecule has 124 valence electrons. The highest BCUT2D eigenvalue weighted by Crippen LogP contribution is 2.24. The molecule has 0 atom stereocenters. The summed E-state index contributed by atoms with van der Waals surface area (Å²) in [5.41, 5.74) is 2.23. The van der Waals surface area contributed by atoms with E-state index in [1.807, 2.05) is 36.5 Å². The Morgan fingerprint density at radius 2 is 2.04 bits per heavy atom. The summed E-state index contributed by atoms with van der Waals surface area (Å²) >= 11 is 5.96. The first-order valence-electron chi connectivity index (χ1n) is 7.48. The van der Waals surface area contributed by atoms with Crippen molar-refractivity contribution in [3.8, 4) is 17.4 Å². The number of ether oxygens (including phenoxy) is 1. The van der Waals surface area contributed by atoms with E-state index in [-0.39, 0.29) is 0 Å². The maximum atomic E-state index is 5.96. The zero-order valence-corrected chi connectivity index (χ0v) is 14.0. The molecule has 0 saturated carbocycles. The summed E-state index contributed by atoms with van der Waals surface area (Å²) in [5, 5.41) is 8.17. The molecule has 0 radical (unpaired) electrons. The molecule has 1 N–H and O–H groups in total. The first-order valence-corrected chi connectivity index (χ1v) is 7.86. The van der Waals surface area contributed by atoms with Crippen molar-refractivity contribution in [2.75, 3.05) is 12.4 Å². The topological polar surface area (TPSA) is 77.2 Å². The van der Waals surface area contributed by atoms with Gasteiger partial charge in [0, 0.05) is 24.1 Å². The Balaban J connectivity index is 1.82. The SMILES string of the molecule is COc1cccc(-c2nc(Nc3ccnc(Cl)c3)c3cccn3n2)n1. The molecule has 0 amide bonds. The van der Waals surface area contributed by atoms with Crippen molar-refractivity contribution >= 4 is 28.6 Å². The molecule has 4 rings (SSSR count). The number of fused-ring (bicyclic) bond motifs is 1. The first-order chi connectivity index (χ1) is 12.2. The number of nitrogens with one attached hydrogen (secondary N) is 1. The maximum absolute atomic E-state index is 5.96. The molecular weight excluding hydrogens is 340 g/mol. The summed E-state index contributed by atoms with van der Waals surface area (Å²) in [7, 11) is 1.57. The van der Waals surface area contributed by atoms with Crippen LogP contribution in [-0.2, 0) is 0 Å². The van der Waals surface area contributed by atoms with E-state index in [9.17, 15) is 0 Å². The Hall–Kier alpha value is -3.19. The van der Waals surface area contributed by atoms with Gasteiger partial charge in [-0.1, -0.05) is 17.7 Å². The molecule has 7 nitrogen and oxygen atoms in total. The van der Waals surface area contributed by atoms with Gasteiger partial charge in [-0.25, -0.2) is 19.5 Å². The van der Waals surface area contributed by atoms with Crippen LogP contribution >= 0.6 is 11.6 Å². The second-order valence-corrected chi connectivity index (χ2v) is 5.57. The van der Waals surface area contributed by atoms with Gasteiger partial charge in [-0.05, 0) is 30.3 Å². The lowest BCUT2D eigenvalue weighted by atomic mass is 10.3. The predicted octanol–water partition coefficient (Wildman–Crippen LogP) is 3.59. The van der Waals surface area contributed by atoms with Crippen molar-refractivity contribution < 1.29 is 4.74 Å². The molecule has 0 aliphatic rings. The van der Waals surface area contributed by atoms with E-state index in [1.54, 1.807) is 30.0 Å². The third-order valence-electron chi connectivity index (χ3n) is 3.54. The van der Waals surface area contributed by atoms with Gasteiger partial charge in [-0.3, -0.25) is 0 Å². The number of aromatic nitrogens is 5. The summed E-state index contributed by atoms with van der Waals surface area (Å²) in [4.78, 5) is 13.0. The zero-order valence-electron chi connectivity index (χ0n) is 13.2. The molecule has 0 aliphatic heterocycles. The second-order valence-electron chi connectivity index (χ2n) is 5.18. The fraction of sp³-hybridized carbons (Fsp3) is 0.0588. The van der Waals surface area contributed by atoms with Crippen molar-refractivity contribution in [3.05, 3.63) is 60.0 Å². The Bertz CT molecular complexity index is 1050. The quantitative estimate of drug-likeness (QED) is 0.565. The molecule has 0 aliphatic carbocycles. The van der Waals surface area contributed by atoms with E-state index >= 15 is 0 Å². The number of pyridine rings is 2. The van der Waals surface area contributed by atoms with Gasteiger partial charge in [-0.15, -0.1) is 5.10 Å². The highest BCUT2D eigenvalue weighted by atomic mass is 35.5. The molecule has 0 saturated heterocycles. The molecule has 0 bridgehead atoms. The molecule has 4 aromatic heterocycles. The molecule has 4 heterocycles. The number of anilines is 2. The lowest BCUT2D eigenvalue weighted by Crippen LogP contribution is -2.04. The molecule has 0 unspecified atom stereocenters. The fourth-order valence-corrected chi connectivity index (χ4v) is 2.58. The second kappa shape index (κ2) is 6.37. The average molecular weight is 353 g/mol. The minimum absolute atomic E-state index is 0.403. The van der Waals surface area contributed by atoms with Crippen molar-refractivity contribution in [1.29, 1.82) is 0 Å². The maximum Gasteiger partial charge on any atom is 0.213 e. The van der Waals surface area contributed by atoms with Gasteiger partial charge < -0.3 is 10.1 Å². The standard InChI is InChI=1S/C17H13ClN6O/c1-25-15-6-2-4-12(21-15)16-22-17(13-5-3-9-24(13)23-16)20-11-7-8-19-14(18)10-11/h2-10H,1H3,(H,19,20,22,23). The van der Waals surface area contributed by atoms with E-state index in [0.29, 0.717) is 28.4 Å². The van der Waals surface area contributed by atoms with Crippen LogP contribution in [0.15, 0.2) is 54.9 Å². The van der Waals surface area contributed by atoms with Gasteiger partial charge in [0.2, 0.25) is 11.7 Å². The number of rotatable bonds is 4. The number of hydrogen-bond acceptors (Lipinski definition) is 6. The molecule has 25 heavy (non-hydrogen) atoms. The highest BCUT2D eigenvalue weighted by Gasteiger charge is 2.12. The first kappa shape index (κ1) is 15.3. The van der Waals surface area contributed by atoms with Gasteiger partial charge in [0.05, 0.1) is 7.11 Å². The molecular formula is C17H13ClN6O. The minimum atomic E-state index is 0.403. The van der Waals surface area contributed by atoms with Crippen LogP contribution < -0.4 is 10.1 Å². The Kier molecular flexibility index (Phi) is 3.91. The van der Waals surface area contributed by atoms with Crippen LogP contribution in [0.2, 0.25) is 5.15 Å². The number of hydrogen-bond donors (Lipinski definition) is 1. The van der Waals surface area contributed by atoms with Crippen LogP contribution in [0.3, 0.4) is 0 Å². The minimum Gasteiger partial charge on any atom is -0.481 e. The third-order valence-corrected chi connectivity index (χ3v) is 3.75. The van der Waals surface area contributed by atoms with Crippen LogP contribution in [0.25, 0.3) is 17.0 Å². The van der Waals surface area contributed by atoms with Crippen LogP contribution in [0.1, 0.15) is 0 Å². The summed E-state index contributed by atoms with van der Waals surface area (Å²) in [5.74, 6) is 1.62. The number of halogens is 1. The molecule has 4 aromatic rings. The Morgan fingerprint density at radius 1 is 1.12 bits per heavy atom.